The Morgan fingerprint density at radius 2 is 2.33 bits per heavy atom. The Hall–Kier alpha value is -1.07. The molecule has 0 unspecified atom stereocenters. The van der Waals surface area contributed by atoms with Gasteiger partial charge in [0, 0.05) is 28.1 Å². The first-order valence-electron chi connectivity index (χ1n) is 6.43. The summed E-state index contributed by atoms with van der Waals surface area (Å²) in [6.45, 7) is 2.11. The van der Waals surface area contributed by atoms with Gasteiger partial charge in [-0.1, -0.05) is 22.4 Å². The molecule has 1 aliphatic rings. The van der Waals surface area contributed by atoms with E-state index in [0.717, 1.165) is 34.2 Å². The van der Waals surface area contributed by atoms with Crippen molar-refractivity contribution in [3.63, 3.8) is 0 Å². The minimum absolute atomic E-state index is 0.583. The van der Waals surface area contributed by atoms with E-state index in [1.807, 2.05) is 12.3 Å². The van der Waals surface area contributed by atoms with Crippen LogP contribution in [0.2, 0.25) is 0 Å². The number of hydrogen-bond donors (Lipinski definition) is 3. The molecule has 0 aliphatic carbocycles. The van der Waals surface area contributed by atoms with Crippen LogP contribution in [0.3, 0.4) is 0 Å². The maximum atomic E-state index is 4.10. The highest BCUT2D eigenvalue weighted by atomic mass is 79.9. The van der Waals surface area contributed by atoms with Gasteiger partial charge >= 0.3 is 0 Å². The van der Waals surface area contributed by atoms with Gasteiger partial charge in [0.1, 0.15) is 0 Å². The van der Waals surface area contributed by atoms with Crippen molar-refractivity contribution in [2.75, 3.05) is 18.4 Å². The Bertz CT molecular complexity index is 531. The van der Waals surface area contributed by atoms with Gasteiger partial charge in [0.05, 0.1) is 11.7 Å². The summed E-state index contributed by atoms with van der Waals surface area (Å²) in [5.74, 6) is 0. The lowest BCUT2D eigenvalue weighted by molar-refractivity contribution is 0.414. The molecule has 1 aromatic heterocycles. The van der Waals surface area contributed by atoms with Crippen LogP contribution in [0.5, 0.6) is 0 Å². The zero-order valence-corrected chi connectivity index (χ0v) is 11.8. The second kappa shape index (κ2) is 5.28. The number of benzene rings is 1. The third kappa shape index (κ3) is 2.52. The van der Waals surface area contributed by atoms with E-state index in [1.54, 1.807) is 0 Å². The van der Waals surface area contributed by atoms with Crippen LogP contribution in [0.1, 0.15) is 19.3 Å². The second-order valence-electron chi connectivity index (χ2n) is 4.81. The molecule has 2 heterocycles. The summed E-state index contributed by atoms with van der Waals surface area (Å²) in [4.78, 5) is 0. The fraction of sp³-hybridized carbons (Fsp3) is 0.462. The molecule has 18 heavy (non-hydrogen) atoms. The number of halogens is 1. The number of aromatic amines is 1. The van der Waals surface area contributed by atoms with Crippen LogP contribution < -0.4 is 10.6 Å². The molecule has 5 heteroatoms. The Kier molecular flexibility index (Phi) is 3.52. The minimum atomic E-state index is 0.583. The third-order valence-electron chi connectivity index (χ3n) is 3.47. The standard InChI is InChI=1S/C13H17BrN4/c14-9-5-12(11-8-17-18-13(11)6-9)16-7-10-3-1-2-4-15-10/h5-6,8,10,15-16H,1-4,7H2,(H,17,18)/t10-/m0/s1. The SMILES string of the molecule is Brc1cc(NC[C@@H]2CCCCN2)c2cn[nH]c2c1. The summed E-state index contributed by atoms with van der Waals surface area (Å²) in [6.07, 6.45) is 5.77. The first-order chi connectivity index (χ1) is 8.83. The van der Waals surface area contributed by atoms with Crippen molar-refractivity contribution >= 4 is 32.5 Å². The summed E-state index contributed by atoms with van der Waals surface area (Å²) in [7, 11) is 0. The molecule has 1 aromatic carbocycles. The molecule has 1 aliphatic heterocycles. The van der Waals surface area contributed by atoms with Gasteiger partial charge in [0.2, 0.25) is 0 Å². The van der Waals surface area contributed by atoms with E-state index in [-0.39, 0.29) is 0 Å². The number of H-pyrrole nitrogens is 1. The fourth-order valence-electron chi connectivity index (χ4n) is 2.49. The molecule has 3 rings (SSSR count). The van der Waals surface area contributed by atoms with Crippen LogP contribution in [0.15, 0.2) is 22.8 Å². The number of nitrogens with zero attached hydrogens (tertiary/aromatic N) is 1. The highest BCUT2D eigenvalue weighted by Gasteiger charge is 2.13. The molecule has 0 spiro atoms. The van der Waals surface area contributed by atoms with Gasteiger partial charge in [-0.25, -0.2) is 0 Å². The molecule has 0 saturated carbocycles. The molecule has 1 fully saturated rings. The Balaban J connectivity index is 1.75. The largest absolute Gasteiger partial charge is 0.383 e. The van der Waals surface area contributed by atoms with Crippen LogP contribution >= 0.6 is 15.9 Å². The average molecular weight is 309 g/mol. The van der Waals surface area contributed by atoms with Gasteiger partial charge < -0.3 is 10.6 Å². The summed E-state index contributed by atoms with van der Waals surface area (Å²) in [6, 6.07) is 4.74. The molecule has 4 nitrogen and oxygen atoms in total. The van der Waals surface area contributed by atoms with Crippen LogP contribution in [-0.4, -0.2) is 29.3 Å². The van der Waals surface area contributed by atoms with E-state index in [9.17, 15) is 0 Å². The second-order valence-corrected chi connectivity index (χ2v) is 5.73. The fourth-order valence-corrected chi connectivity index (χ4v) is 2.95. The highest BCUT2D eigenvalue weighted by molar-refractivity contribution is 9.10. The molecule has 2 aromatic rings. The molecule has 1 saturated heterocycles. The molecular formula is C13H17BrN4. The predicted molar refractivity (Wildman–Crippen MR) is 77.9 cm³/mol. The van der Waals surface area contributed by atoms with Crippen molar-refractivity contribution in [3.8, 4) is 0 Å². The lowest BCUT2D eigenvalue weighted by atomic mass is 10.0. The predicted octanol–water partition coefficient (Wildman–Crippen LogP) is 2.88. The number of fused-ring (bicyclic) bond motifs is 1. The Morgan fingerprint density at radius 1 is 1.39 bits per heavy atom. The zero-order chi connectivity index (χ0) is 12.4. The Labute approximate surface area is 115 Å². The normalized spacial score (nSPS) is 20.2. The quantitative estimate of drug-likeness (QED) is 0.817. The van der Waals surface area contributed by atoms with Crippen LogP contribution in [0, 0.1) is 0 Å². The van der Waals surface area contributed by atoms with Crippen LogP contribution in [0.25, 0.3) is 10.9 Å². The van der Waals surface area contributed by atoms with Crippen molar-refractivity contribution in [2.24, 2.45) is 0 Å². The molecule has 0 amide bonds. The molecule has 1 atom stereocenters. The number of rotatable bonds is 3. The van der Waals surface area contributed by atoms with E-state index in [1.165, 1.54) is 19.3 Å². The van der Waals surface area contributed by atoms with Crippen molar-refractivity contribution in [1.82, 2.24) is 15.5 Å². The number of anilines is 1. The number of hydrogen-bond acceptors (Lipinski definition) is 3. The van der Waals surface area contributed by atoms with Gasteiger partial charge in [-0.05, 0) is 31.5 Å². The minimum Gasteiger partial charge on any atom is -0.383 e. The maximum absolute atomic E-state index is 4.10. The van der Waals surface area contributed by atoms with Gasteiger partial charge in [0.25, 0.3) is 0 Å². The summed E-state index contributed by atoms with van der Waals surface area (Å²) in [5, 5.41) is 15.3. The summed E-state index contributed by atoms with van der Waals surface area (Å²) < 4.78 is 1.07. The zero-order valence-electron chi connectivity index (χ0n) is 10.2. The maximum Gasteiger partial charge on any atom is 0.0682 e. The van der Waals surface area contributed by atoms with Crippen molar-refractivity contribution < 1.29 is 0 Å². The van der Waals surface area contributed by atoms with E-state index in [4.69, 9.17) is 0 Å². The van der Waals surface area contributed by atoms with E-state index < -0.39 is 0 Å². The van der Waals surface area contributed by atoms with Crippen LogP contribution in [0.4, 0.5) is 5.69 Å². The van der Waals surface area contributed by atoms with E-state index >= 15 is 0 Å². The summed E-state index contributed by atoms with van der Waals surface area (Å²) in [5.41, 5.74) is 2.20. The van der Waals surface area contributed by atoms with Gasteiger partial charge in [-0.15, -0.1) is 0 Å². The monoisotopic (exact) mass is 308 g/mol. The van der Waals surface area contributed by atoms with Gasteiger partial charge in [-0.3, -0.25) is 5.10 Å². The molecule has 0 bridgehead atoms. The molecule has 96 valence electrons. The van der Waals surface area contributed by atoms with Crippen molar-refractivity contribution in [1.29, 1.82) is 0 Å². The smallest absolute Gasteiger partial charge is 0.0682 e. The number of piperidine rings is 1. The highest BCUT2D eigenvalue weighted by Crippen LogP contribution is 2.26. The topological polar surface area (TPSA) is 52.7 Å². The molecular weight excluding hydrogens is 292 g/mol. The molecule has 0 radical (unpaired) electrons. The lowest BCUT2D eigenvalue weighted by Gasteiger charge is -2.24. The van der Waals surface area contributed by atoms with E-state index in [0.29, 0.717) is 6.04 Å². The lowest BCUT2D eigenvalue weighted by Crippen LogP contribution is -2.39. The number of aromatic nitrogens is 2. The Morgan fingerprint density at radius 3 is 3.17 bits per heavy atom. The van der Waals surface area contributed by atoms with Crippen molar-refractivity contribution in [3.05, 3.63) is 22.8 Å². The average Bonchev–Trinajstić information content (AvgIpc) is 2.85. The third-order valence-corrected chi connectivity index (χ3v) is 3.93. The molecule has 3 N–H and O–H groups in total. The van der Waals surface area contributed by atoms with Gasteiger partial charge in [0.15, 0.2) is 0 Å². The van der Waals surface area contributed by atoms with Crippen molar-refractivity contribution in [2.45, 2.75) is 25.3 Å². The first kappa shape index (κ1) is 12.0. The van der Waals surface area contributed by atoms with E-state index in [2.05, 4.69) is 42.8 Å². The van der Waals surface area contributed by atoms with Gasteiger partial charge in [-0.2, -0.15) is 5.10 Å². The number of nitrogens with one attached hydrogen (secondary N) is 3. The summed E-state index contributed by atoms with van der Waals surface area (Å²) >= 11 is 3.53. The van der Waals surface area contributed by atoms with Crippen LogP contribution in [-0.2, 0) is 0 Å². The first-order valence-corrected chi connectivity index (χ1v) is 7.22.